The Kier molecular flexibility index (Phi) is 8.22. The Bertz CT molecular complexity index is 1330. The van der Waals surface area contributed by atoms with E-state index in [1.54, 1.807) is 43.6 Å². The molecule has 2 heterocycles. The van der Waals surface area contributed by atoms with Crippen LogP contribution in [0, 0.1) is 5.92 Å². The van der Waals surface area contributed by atoms with Crippen LogP contribution in [0.25, 0.3) is 0 Å². The van der Waals surface area contributed by atoms with Crippen molar-refractivity contribution in [3.63, 3.8) is 0 Å². The molecule has 0 bridgehead atoms. The smallest absolute Gasteiger partial charge is 0.251 e. The zero-order valence-electron chi connectivity index (χ0n) is 20.7. The zero-order chi connectivity index (χ0) is 25.9. The normalized spacial score (nSPS) is 16.1. The van der Waals surface area contributed by atoms with Crippen LogP contribution in [0.15, 0.2) is 64.2 Å². The Balaban J connectivity index is 1.45. The molecule has 0 saturated heterocycles. The second kappa shape index (κ2) is 11.2. The van der Waals surface area contributed by atoms with Gasteiger partial charge in [-0.15, -0.1) is 0 Å². The molecule has 3 aromatic rings. The van der Waals surface area contributed by atoms with Crippen LogP contribution in [0.3, 0.4) is 0 Å². The molecule has 1 unspecified atom stereocenters. The largest absolute Gasteiger partial charge is 0.348 e. The number of aromatic nitrogens is 2. The number of sulfone groups is 1. The standard InChI is InChI=1S/C27H31BrN4O3S/c1-4-36(34,35)23-8-5-19(6-9-23)14-31-27(33)21-7-10-24-20(13-21)11-12-32(26(24)18(2)3)17-25-29-15-22(28)16-30-25/h5-10,13,15-16,18,26H,4,11-12,14,17H2,1-3H3,(H,31,33). The van der Waals surface area contributed by atoms with Crippen molar-refractivity contribution in [2.45, 2.75) is 51.2 Å². The summed E-state index contributed by atoms with van der Waals surface area (Å²) >= 11 is 3.39. The number of rotatable bonds is 8. The molecule has 36 heavy (non-hydrogen) atoms. The molecule has 9 heteroatoms. The van der Waals surface area contributed by atoms with Gasteiger partial charge in [0.05, 0.1) is 21.7 Å². The van der Waals surface area contributed by atoms with E-state index in [0.29, 0.717) is 29.5 Å². The second-order valence-electron chi connectivity index (χ2n) is 9.37. The molecule has 0 saturated carbocycles. The van der Waals surface area contributed by atoms with Gasteiger partial charge in [-0.1, -0.05) is 39.0 Å². The maximum absolute atomic E-state index is 12.9. The minimum Gasteiger partial charge on any atom is -0.348 e. The van der Waals surface area contributed by atoms with Crippen LogP contribution in [0.4, 0.5) is 0 Å². The number of hydrogen-bond acceptors (Lipinski definition) is 6. The highest BCUT2D eigenvalue weighted by Crippen LogP contribution is 2.36. The predicted octanol–water partition coefficient (Wildman–Crippen LogP) is 4.72. The highest BCUT2D eigenvalue weighted by Gasteiger charge is 2.30. The quantitative estimate of drug-likeness (QED) is 0.421. The van der Waals surface area contributed by atoms with Crippen LogP contribution in [0.1, 0.15) is 59.7 Å². The number of fused-ring (bicyclic) bond motifs is 1. The molecular weight excluding hydrogens is 540 g/mol. The van der Waals surface area contributed by atoms with Gasteiger partial charge in [-0.2, -0.15) is 0 Å². The van der Waals surface area contributed by atoms with E-state index in [4.69, 9.17) is 0 Å². The van der Waals surface area contributed by atoms with E-state index in [-0.39, 0.29) is 17.7 Å². The van der Waals surface area contributed by atoms with E-state index in [0.717, 1.165) is 28.8 Å². The minimum absolute atomic E-state index is 0.0643. The number of benzene rings is 2. The van der Waals surface area contributed by atoms with Crippen LogP contribution in [-0.2, 0) is 29.3 Å². The molecule has 0 spiro atoms. The van der Waals surface area contributed by atoms with Crippen LogP contribution in [0.2, 0.25) is 0 Å². The lowest BCUT2D eigenvalue weighted by molar-refractivity contribution is 0.0950. The van der Waals surface area contributed by atoms with Gasteiger partial charge >= 0.3 is 0 Å². The van der Waals surface area contributed by atoms with E-state index in [1.807, 2.05) is 12.1 Å². The summed E-state index contributed by atoms with van der Waals surface area (Å²) in [5.74, 6) is 1.10. The third-order valence-electron chi connectivity index (χ3n) is 6.55. The second-order valence-corrected chi connectivity index (χ2v) is 12.6. The molecule has 7 nitrogen and oxygen atoms in total. The Labute approximate surface area is 221 Å². The molecule has 4 rings (SSSR count). The van der Waals surface area contributed by atoms with Gasteiger partial charge in [0.2, 0.25) is 0 Å². The van der Waals surface area contributed by atoms with Gasteiger partial charge < -0.3 is 5.32 Å². The van der Waals surface area contributed by atoms with Crippen molar-refractivity contribution in [1.82, 2.24) is 20.2 Å². The van der Waals surface area contributed by atoms with E-state index in [2.05, 4.69) is 56.0 Å². The number of hydrogen-bond donors (Lipinski definition) is 1. The van der Waals surface area contributed by atoms with Gasteiger partial charge in [0.25, 0.3) is 5.91 Å². The number of nitrogens with one attached hydrogen (secondary N) is 1. The summed E-state index contributed by atoms with van der Waals surface area (Å²) in [7, 11) is -3.23. The molecule has 1 N–H and O–H groups in total. The first-order chi connectivity index (χ1) is 17.2. The first kappa shape index (κ1) is 26.4. The topological polar surface area (TPSA) is 92.3 Å². The molecule has 2 aromatic carbocycles. The summed E-state index contributed by atoms with van der Waals surface area (Å²) in [5, 5.41) is 2.96. The predicted molar refractivity (Wildman–Crippen MR) is 143 cm³/mol. The number of nitrogens with zero attached hydrogens (tertiary/aromatic N) is 3. The molecule has 1 aliphatic rings. The highest BCUT2D eigenvalue weighted by molar-refractivity contribution is 9.10. The summed E-state index contributed by atoms with van der Waals surface area (Å²) < 4.78 is 24.8. The first-order valence-electron chi connectivity index (χ1n) is 12.1. The van der Waals surface area contributed by atoms with Crippen molar-refractivity contribution in [2.24, 2.45) is 5.92 Å². The molecule has 0 fully saturated rings. The van der Waals surface area contributed by atoms with E-state index in [9.17, 15) is 13.2 Å². The monoisotopic (exact) mass is 570 g/mol. The van der Waals surface area contributed by atoms with Gasteiger partial charge in [-0.05, 0) is 69.2 Å². The number of carbonyl (C=O) groups excluding carboxylic acids is 1. The fourth-order valence-electron chi connectivity index (χ4n) is 4.68. The molecule has 190 valence electrons. The molecule has 0 radical (unpaired) electrons. The summed E-state index contributed by atoms with van der Waals surface area (Å²) in [6.45, 7) is 7.93. The Morgan fingerprint density at radius 1 is 1.14 bits per heavy atom. The van der Waals surface area contributed by atoms with E-state index >= 15 is 0 Å². The van der Waals surface area contributed by atoms with Crippen molar-refractivity contribution in [3.8, 4) is 0 Å². The van der Waals surface area contributed by atoms with Gasteiger partial charge in [0.1, 0.15) is 5.82 Å². The summed E-state index contributed by atoms with van der Waals surface area (Å²) in [5.41, 5.74) is 3.93. The molecule has 0 aliphatic carbocycles. The molecule has 1 aliphatic heterocycles. The molecule has 1 amide bonds. The summed E-state index contributed by atoms with van der Waals surface area (Å²) in [6, 6.07) is 12.9. The number of carbonyl (C=O) groups is 1. The molecular formula is C27H31BrN4O3S. The van der Waals surface area contributed by atoms with Crippen LogP contribution in [-0.4, -0.2) is 41.5 Å². The summed E-state index contributed by atoms with van der Waals surface area (Å²) in [6.07, 6.45) is 4.40. The minimum atomic E-state index is -3.23. The third kappa shape index (κ3) is 6.02. The number of halogens is 1. The highest BCUT2D eigenvalue weighted by atomic mass is 79.9. The van der Waals surface area contributed by atoms with Crippen molar-refractivity contribution in [2.75, 3.05) is 12.3 Å². The lowest BCUT2D eigenvalue weighted by Gasteiger charge is -2.39. The maximum Gasteiger partial charge on any atom is 0.251 e. The fourth-order valence-corrected chi connectivity index (χ4v) is 5.77. The third-order valence-corrected chi connectivity index (χ3v) is 8.71. The van der Waals surface area contributed by atoms with Crippen molar-refractivity contribution in [1.29, 1.82) is 0 Å². The van der Waals surface area contributed by atoms with E-state index < -0.39 is 9.84 Å². The maximum atomic E-state index is 12.9. The lowest BCUT2D eigenvalue weighted by atomic mass is 9.85. The van der Waals surface area contributed by atoms with Gasteiger partial charge in [-0.3, -0.25) is 9.69 Å². The Morgan fingerprint density at radius 2 is 1.83 bits per heavy atom. The first-order valence-corrected chi connectivity index (χ1v) is 14.6. The van der Waals surface area contributed by atoms with Gasteiger partial charge in [0.15, 0.2) is 9.84 Å². The lowest BCUT2D eigenvalue weighted by Crippen LogP contribution is -2.38. The molecule has 1 aromatic heterocycles. The van der Waals surface area contributed by atoms with Crippen LogP contribution >= 0.6 is 15.9 Å². The zero-order valence-corrected chi connectivity index (χ0v) is 23.1. The fraction of sp³-hybridized carbons (Fsp3) is 0.370. The van der Waals surface area contributed by atoms with Crippen molar-refractivity contribution >= 4 is 31.7 Å². The van der Waals surface area contributed by atoms with Crippen LogP contribution < -0.4 is 5.32 Å². The molecule has 1 atom stereocenters. The van der Waals surface area contributed by atoms with E-state index in [1.165, 1.54) is 11.1 Å². The Hall–Kier alpha value is -2.62. The van der Waals surface area contributed by atoms with Crippen molar-refractivity contribution < 1.29 is 13.2 Å². The average Bonchev–Trinajstić information content (AvgIpc) is 2.88. The number of amides is 1. The van der Waals surface area contributed by atoms with Gasteiger partial charge in [0, 0.05) is 37.1 Å². The SMILES string of the molecule is CCS(=O)(=O)c1ccc(CNC(=O)c2ccc3c(c2)CCN(Cc2ncc(Br)cn2)C3C(C)C)cc1. The van der Waals surface area contributed by atoms with Crippen LogP contribution in [0.5, 0.6) is 0 Å². The van der Waals surface area contributed by atoms with Crippen molar-refractivity contribution in [3.05, 3.63) is 87.4 Å². The van der Waals surface area contributed by atoms with Gasteiger partial charge in [-0.25, -0.2) is 18.4 Å². The summed E-state index contributed by atoms with van der Waals surface area (Å²) in [4.78, 5) is 24.5. The Morgan fingerprint density at radius 3 is 2.47 bits per heavy atom. The average molecular weight is 572 g/mol.